The Morgan fingerprint density at radius 3 is 2.57 bits per heavy atom. The predicted molar refractivity (Wildman–Crippen MR) is 94.3 cm³/mol. The predicted octanol–water partition coefficient (Wildman–Crippen LogP) is 4.78. The van der Waals surface area contributed by atoms with Gasteiger partial charge in [0.15, 0.2) is 0 Å². The van der Waals surface area contributed by atoms with Gasteiger partial charge < -0.3 is 10.2 Å². The van der Waals surface area contributed by atoms with Crippen LogP contribution in [0.15, 0.2) is 12.1 Å². The molecule has 0 spiro atoms. The maximum absolute atomic E-state index is 6.04. The molecule has 1 aliphatic rings. The molecule has 21 heavy (non-hydrogen) atoms. The summed E-state index contributed by atoms with van der Waals surface area (Å²) in [6.45, 7) is 7.84. The maximum atomic E-state index is 6.04. The van der Waals surface area contributed by atoms with Gasteiger partial charge in [0, 0.05) is 30.6 Å². The van der Waals surface area contributed by atoms with Crippen molar-refractivity contribution < 1.29 is 0 Å². The first-order valence-electron chi connectivity index (χ1n) is 8.15. The first-order valence-corrected chi connectivity index (χ1v) is 9.35. The molecule has 2 rings (SSSR count). The Kier molecular flexibility index (Phi) is 6.54. The minimum absolute atomic E-state index is 0.457. The van der Waals surface area contributed by atoms with Gasteiger partial charge >= 0.3 is 0 Å². The Labute approximate surface area is 138 Å². The van der Waals surface area contributed by atoms with E-state index in [9.17, 15) is 0 Å². The molecule has 1 aromatic rings. The molecule has 0 atom stereocenters. The highest BCUT2D eigenvalue weighted by Gasteiger charge is 2.33. The zero-order chi connectivity index (χ0) is 15.3. The van der Waals surface area contributed by atoms with Crippen LogP contribution in [0.3, 0.4) is 0 Å². The van der Waals surface area contributed by atoms with Crippen molar-refractivity contribution in [3.63, 3.8) is 0 Å². The Morgan fingerprint density at radius 1 is 1.29 bits per heavy atom. The molecule has 0 amide bonds. The topological polar surface area (TPSA) is 15.3 Å². The molecule has 1 fully saturated rings. The molecular weight excluding hydrogens is 300 g/mol. The third-order valence-electron chi connectivity index (χ3n) is 4.46. The second-order valence-corrected chi connectivity index (χ2v) is 8.77. The smallest absolute Gasteiger partial charge is 0.0931 e. The highest BCUT2D eigenvalue weighted by atomic mass is 35.5. The molecule has 1 saturated carbocycles. The van der Waals surface area contributed by atoms with Crippen LogP contribution in [0, 0.1) is 5.41 Å². The first-order chi connectivity index (χ1) is 9.99. The summed E-state index contributed by atoms with van der Waals surface area (Å²) in [5.41, 5.74) is 0.457. The van der Waals surface area contributed by atoms with Crippen molar-refractivity contribution >= 4 is 22.9 Å². The van der Waals surface area contributed by atoms with E-state index in [1.54, 1.807) is 11.3 Å². The summed E-state index contributed by atoms with van der Waals surface area (Å²) in [4.78, 5) is 3.85. The lowest BCUT2D eigenvalue weighted by atomic mass is 9.73. The Hall–Kier alpha value is -0.0900. The molecule has 0 radical (unpaired) electrons. The van der Waals surface area contributed by atoms with E-state index in [1.807, 2.05) is 6.07 Å². The summed E-state index contributed by atoms with van der Waals surface area (Å²) < 4.78 is 0.896. The Morgan fingerprint density at radius 2 is 2.00 bits per heavy atom. The van der Waals surface area contributed by atoms with Crippen LogP contribution >= 0.6 is 22.9 Å². The summed E-state index contributed by atoms with van der Waals surface area (Å²) in [6.07, 6.45) is 6.91. The molecule has 0 bridgehead atoms. The van der Waals surface area contributed by atoms with Gasteiger partial charge in [-0.15, -0.1) is 11.3 Å². The highest BCUT2D eigenvalue weighted by molar-refractivity contribution is 7.16. The average molecular weight is 329 g/mol. The van der Waals surface area contributed by atoms with E-state index >= 15 is 0 Å². The third kappa shape index (κ3) is 5.55. The van der Waals surface area contributed by atoms with E-state index in [2.05, 4.69) is 37.2 Å². The molecule has 1 N–H and O–H groups in total. The van der Waals surface area contributed by atoms with Crippen molar-refractivity contribution in [2.45, 2.75) is 58.5 Å². The summed E-state index contributed by atoms with van der Waals surface area (Å²) >= 11 is 7.74. The lowest BCUT2D eigenvalue weighted by Crippen LogP contribution is -2.45. The van der Waals surface area contributed by atoms with Crippen LogP contribution < -0.4 is 5.32 Å². The number of hydrogen-bond acceptors (Lipinski definition) is 3. The van der Waals surface area contributed by atoms with Crippen LogP contribution in [0.5, 0.6) is 0 Å². The van der Waals surface area contributed by atoms with Crippen molar-refractivity contribution in [2.75, 3.05) is 20.1 Å². The minimum Gasteiger partial charge on any atom is -0.314 e. The fourth-order valence-corrected chi connectivity index (χ4v) is 4.61. The minimum atomic E-state index is 0.457. The lowest BCUT2D eigenvalue weighted by Gasteiger charge is -2.41. The second kappa shape index (κ2) is 7.96. The van der Waals surface area contributed by atoms with Crippen LogP contribution in [0.25, 0.3) is 0 Å². The van der Waals surface area contributed by atoms with Crippen molar-refractivity contribution in [3.05, 3.63) is 21.3 Å². The maximum Gasteiger partial charge on any atom is 0.0931 e. The lowest BCUT2D eigenvalue weighted by molar-refractivity contribution is 0.112. The fourth-order valence-electron chi connectivity index (χ4n) is 3.44. The summed E-state index contributed by atoms with van der Waals surface area (Å²) in [7, 11) is 2.25. The van der Waals surface area contributed by atoms with Gasteiger partial charge in [0.25, 0.3) is 0 Å². The van der Waals surface area contributed by atoms with Crippen LogP contribution in [-0.4, -0.2) is 31.1 Å². The van der Waals surface area contributed by atoms with E-state index in [0.29, 0.717) is 11.5 Å². The normalized spacial score (nSPS) is 18.6. The van der Waals surface area contributed by atoms with Gasteiger partial charge in [-0.2, -0.15) is 0 Å². The molecule has 0 aromatic carbocycles. The Bertz CT molecular complexity index is 424. The van der Waals surface area contributed by atoms with E-state index in [0.717, 1.165) is 17.4 Å². The monoisotopic (exact) mass is 328 g/mol. The van der Waals surface area contributed by atoms with E-state index in [4.69, 9.17) is 11.6 Å². The van der Waals surface area contributed by atoms with Gasteiger partial charge in [-0.3, -0.25) is 0 Å². The highest BCUT2D eigenvalue weighted by Crippen LogP contribution is 2.37. The fraction of sp³-hybridized carbons (Fsp3) is 0.765. The van der Waals surface area contributed by atoms with Gasteiger partial charge in [-0.1, -0.05) is 44.7 Å². The zero-order valence-electron chi connectivity index (χ0n) is 13.6. The first kappa shape index (κ1) is 17.3. The number of nitrogens with one attached hydrogen (secondary N) is 1. The van der Waals surface area contributed by atoms with E-state index in [-0.39, 0.29) is 0 Å². The van der Waals surface area contributed by atoms with E-state index in [1.165, 1.54) is 43.5 Å². The van der Waals surface area contributed by atoms with Crippen LogP contribution in [-0.2, 0) is 6.54 Å². The van der Waals surface area contributed by atoms with Crippen LogP contribution in [0.4, 0.5) is 0 Å². The quantitative estimate of drug-likeness (QED) is 0.774. The molecule has 0 aliphatic heterocycles. The second-order valence-electron chi connectivity index (χ2n) is 6.97. The molecule has 120 valence electrons. The van der Waals surface area contributed by atoms with E-state index < -0.39 is 0 Å². The van der Waals surface area contributed by atoms with Crippen LogP contribution in [0.1, 0.15) is 50.8 Å². The largest absolute Gasteiger partial charge is 0.314 e. The summed E-state index contributed by atoms with van der Waals surface area (Å²) in [5, 5.41) is 3.68. The zero-order valence-corrected chi connectivity index (χ0v) is 15.2. The number of nitrogens with zero attached hydrogens (tertiary/aromatic N) is 1. The molecule has 0 saturated heterocycles. The molecule has 4 heteroatoms. The van der Waals surface area contributed by atoms with Gasteiger partial charge in [-0.05, 0) is 37.4 Å². The van der Waals surface area contributed by atoms with Crippen molar-refractivity contribution in [1.82, 2.24) is 10.2 Å². The van der Waals surface area contributed by atoms with Gasteiger partial charge in [0.1, 0.15) is 0 Å². The average Bonchev–Trinajstić information content (AvgIpc) is 2.83. The molecule has 1 aromatic heterocycles. The van der Waals surface area contributed by atoms with Crippen LogP contribution in [0.2, 0.25) is 4.34 Å². The summed E-state index contributed by atoms with van der Waals surface area (Å²) in [5.74, 6) is 0. The number of thiophene rings is 1. The number of hydrogen-bond donors (Lipinski definition) is 1. The molecule has 0 unspecified atom stereocenters. The van der Waals surface area contributed by atoms with Crippen molar-refractivity contribution in [3.8, 4) is 0 Å². The molecule has 2 nitrogen and oxygen atoms in total. The molecule has 1 aliphatic carbocycles. The van der Waals surface area contributed by atoms with Gasteiger partial charge in [0.2, 0.25) is 0 Å². The van der Waals surface area contributed by atoms with Crippen molar-refractivity contribution in [1.29, 1.82) is 0 Å². The molecule has 1 heterocycles. The van der Waals surface area contributed by atoms with Gasteiger partial charge in [0.05, 0.1) is 4.34 Å². The van der Waals surface area contributed by atoms with Crippen molar-refractivity contribution in [2.24, 2.45) is 5.41 Å². The SMILES string of the molecule is CC(C)NCC1(CN(C)Cc2ccc(Cl)s2)CCCCC1. The molecular formula is C17H29ClN2S. The standard InChI is InChI=1S/C17H29ClN2S/c1-14(2)19-12-17(9-5-4-6-10-17)13-20(3)11-15-7-8-16(18)21-15/h7-8,14,19H,4-6,9-13H2,1-3H3. The summed E-state index contributed by atoms with van der Waals surface area (Å²) in [6, 6.07) is 4.74. The third-order valence-corrected chi connectivity index (χ3v) is 5.68. The van der Waals surface area contributed by atoms with Gasteiger partial charge in [-0.25, -0.2) is 0 Å². The Balaban J connectivity index is 1.93. The number of rotatable bonds is 7. The number of halogens is 1.